The van der Waals surface area contributed by atoms with Gasteiger partial charge in [-0.2, -0.15) is 0 Å². The Morgan fingerprint density at radius 2 is 2.14 bits per heavy atom. The zero-order chi connectivity index (χ0) is 10.6. The number of allylic oxidation sites excluding steroid dienone is 1. The minimum Gasteiger partial charge on any atom is -0.508 e. The molecule has 0 aliphatic heterocycles. The standard InChI is InChI=1S/C11H13NO2/c1-12(2)7-10(8-13)9-4-3-5-11(14)6-9/h3-8,14H,1-2H3/b10-7-. The smallest absolute Gasteiger partial charge is 0.152 e. The lowest BCUT2D eigenvalue weighted by Gasteiger charge is -2.07. The normalized spacial score (nSPS) is 11.1. The molecule has 1 aromatic carbocycles. The van der Waals surface area contributed by atoms with E-state index < -0.39 is 0 Å². The molecule has 1 N–H and O–H groups in total. The van der Waals surface area contributed by atoms with Gasteiger partial charge in [-0.15, -0.1) is 0 Å². The van der Waals surface area contributed by atoms with E-state index in [0.29, 0.717) is 11.1 Å². The maximum Gasteiger partial charge on any atom is 0.152 e. The molecule has 14 heavy (non-hydrogen) atoms. The third-order valence-corrected chi connectivity index (χ3v) is 1.70. The maximum atomic E-state index is 10.8. The fourth-order valence-electron chi connectivity index (χ4n) is 1.14. The summed E-state index contributed by atoms with van der Waals surface area (Å²) in [6.07, 6.45) is 2.48. The highest BCUT2D eigenvalue weighted by Gasteiger charge is 2.01. The fourth-order valence-corrected chi connectivity index (χ4v) is 1.14. The van der Waals surface area contributed by atoms with Crippen LogP contribution in [0.5, 0.6) is 5.75 Å². The van der Waals surface area contributed by atoms with Gasteiger partial charge in [0, 0.05) is 25.9 Å². The summed E-state index contributed by atoms with van der Waals surface area (Å²) in [4.78, 5) is 12.6. The molecular weight excluding hydrogens is 178 g/mol. The lowest BCUT2D eigenvalue weighted by atomic mass is 10.1. The Bertz CT molecular complexity index is 356. The summed E-state index contributed by atoms with van der Waals surface area (Å²) in [6.45, 7) is 0. The van der Waals surface area contributed by atoms with Gasteiger partial charge in [0.2, 0.25) is 0 Å². The van der Waals surface area contributed by atoms with Gasteiger partial charge in [-0.3, -0.25) is 4.79 Å². The van der Waals surface area contributed by atoms with Gasteiger partial charge in [-0.1, -0.05) is 12.1 Å². The summed E-state index contributed by atoms with van der Waals surface area (Å²) in [6, 6.07) is 6.62. The molecule has 0 spiro atoms. The van der Waals surface area contributed by atoms with Gasteiger partial charge in [0.15, 0.2) is 6.29 Å². The molecule has 3 nitrogen and oxygen atoms in total. The van der Waals surface area contributed by atoms with Crippen LogP contribution in [0.15, 0.2) is 30.5 Å². The largest absolute Gasteiger partial charge is 0.508 e. The van der Waals surface area contributed by atoms with Gasteiger partial charge in [-0.05, 0) is 17.7 Å². The molecule has 0 aliphatic carbocycles. The molecule has 0 fully saturated rings. The molecule has 0 radical (unpaired) electrons. The Hall–Kier alpha value is -1.77. The van der Waals surface area contributed by atoms with Crippen LogP contribution < -0.4 is 0 Å². The average Bonchev–Trinajstić information content (AvgIpc) is 2.14. The van der Waals surface area contributed by atoms with Crippen LogP contribution in [0.1, 0.15) is 5.56 Å². The Morgan fingerprint density at radius 1 is 1.43 bits per heavy atom. The van der Waals surface area contributed by atoms with Gasteiger partial charge >= 0.3 is 0 Å². The van der Waals surface area contributed by atoms with Crippen LogP contribution in [0.3, 0.4) is 0 Å². The van der Waals surface area contributed by atoms with E-state index in [1.54, 1.807) is 35.4 Å². The topological polar surface area (TPSA) is 40.5 Å². The second-order valence-corrected chi connectivity index (χ2v) is 3.22. The average molecular weight is 191 g/mol. The molecule has 0 amide bonds. The van der Waals surface area contributed by atoms with E-state index in [1.807, 2.05) is 14.1 Å². The number of phenolic OH excluding ortho intramolecular Hbond substituents is 1. The number of phenols is 1. The summed E-state index contributed by atoms with van der Waals surface area (Å²) >= 11 is 0. The monoisotopic (exact) mass is 191 g/mol. The zero-order valence-corrected chi connectivity index (χ0v) is 8.27. The molecule has 3 heteroatoms. The number of hydrogen-bond acceptors (Lipinski definition) is 3. The van der Waals surface area contributed by atoms with Gasteiger partial charge in [0.25, 0.3) is 0 Å². The first kappa shape index (κ1) is 10.3. The van der Waals surface area contributed by atoms with Crippen LogP contribution in [-0.4, -0.2) is 30.4 Å². The molecule has 1 aromatic rings. The lowest BCUT2D eigenvalue weighted by molar-refractivity contribution is -0.103. The van der Waals surface area contributed by atoms with Crippen molar-refractivity contribution in [2.45, 2.75) is 0 Å². The minimum atomic E-state index is 0.161. The second-order valence-electron chi connectivity index (χ2n) is 3.22. The summed E-state index contributed by atoms with van der Waals surface area (Å²) < 4.78 is 0. The van der Waals surface area contributed by atoms with Crippen molar-refractivity contribution >= 4 is 11.9 Å². The van der Waals surface area contributed by atoms with E-state index in [2.05, 4.69) is 0 Å². The van der Waals surface area contributed by atoms with E-state index in [1.165, 1.54) is 0 Å². The van der Waals surface area contributed by atoms with Crippen molar-refractivity contribution in [3.05, 3.63) is 36.0 Å². The van der Waals surface area contributed by atoms with Crippen molar-refractivity contribution in [1.82, 2.24) is 4.90 Å². The fraction of sp³-hybridized carbons (Fsp3) is 0.182. The van der Waals surface area contributed by atoms with E-state index in [-0.39, 0.29) is 5.75 Å². The molecule has 0 bridgehead atoms. The number of aldehydes is 1. The van der Waals surface area contributed by atoms with Gasteiger partial charge in [-0.25, -0.2) is 0 Å². The molecule has 1 rings (SSSR count). The number of carbonyl (C=O) groups is 1. The molecule has 0 atom stereocenters. The van der Waals surface area contributed by atoms with Gasteiger partial charge in [0.05, 0.1) is 0 Å². The Morgan fingerprint density at radius 3 is 2.64 bits per heavy atom. The summed E-state index contributed by atoms with van der Waals surface area (Å²) in [5.41, 5.74) is 1.26. The van der Waals surface area contributed by atoms with Crippen molar-refractivity contribution in [2.75, 3.05) is 14.1 Å². The first-order chi connectivity index (χ1) is 6.63. The predicted molar refractivity (Wildman–Crippen MR) is 55.8 cm³/mol. The Balaban J connectivity index is 3.07. The van der Waals surface area contributed by atoms with Crippen molar-refractivity contribution in [3.63, 3.8) is 0 Å². The number of carbonyl (C=O) groups excluding carboxylic acids is 1. The SMILES string of the molecule is CN(C)/C=C(/C=O)c1cccc(O)c1. The number of benzene rings is 1. The molecular formula is C11H13NO2. The number of aromatic hydroxyl groups is 1. The quantitative estimate of drug-likeness (QED) is 0.581. The molecule has 0 heterocycles. The Kier molecular flexibility index (Phi) is 3.29. The van der Waals surface area contributed by atoms with Crippen molar-refractivity contribution in [3.8, 4) is 5.75 Å². The van der Waals surface area contributed by atoms with E-state index >= 15 is 0 Å². The number of hydrogen-bond donors (Lipinski definition) is 1. The van der Waals surface area contributed by atoms with E-state index in [0.717, 1.165) is 6.29 Å². The molecule has 74 valence electrons. The number of rotatable bonds is 3. The number of nitrogens with zero attached hydrogens (tertiary/aromatic N) is 1. The maximum absolute atomic E-state index is 10.8. The highest BCUT2D eigenvalue weighted by atomic mass is 16.3. The van der Waals surface area contributed by atoms with Crippen LogP contribution in [0, 0.1) is 0 Å². The van der Waals surface area contributed by atoms with Crippen molar-refractivity contribution < 1.29 is 9.90 Å². The highest BCUT2D eigenvalue weighted by Crippen LogP contribution is 2.17. The molecule has 0 aromatic heterocycles. The summed E-state index contributed by atoms with van der Waals surface area (Å²) in [5.74, 6) is 0.161. The Labute approximate surface area is 83.3 Å². The minimum absolute atomic E-state index is 0.161. The first-order valence-electron chi connectivity index (χ1n) is 4.26. The highest BCUT2D eigenvalue weighted by molar-refractivity contribution is 6.06. The van der Waals surface area contributed by atoms with Crippen LogP contribution in [0.25, 0.3) is 5.57 Å². The van der Waals surface area contributed by atoms with E-state index in [9.17, 15) is 9.90 Å². The van der Waals surface area contributed by atoms with E-state index in [4.69, 9.17) is 0 Å². The third-order valence-electron chi connectivity index (χ3n) is 1.70. The first-order valence-corrected chi connectivity index (χ1v) is 4.26. The molecule has 0 aliphatic rings. The van der Waals surface area contributed by atoms with Crippen LogP contribution in [0.2, 0.25) is 0 Å². The molecule has 0 saturated heterocycles. The predicted octanol–water partition coefficient (Wildman–Crippen LogP) is 1.49. The van der Waals surface area contributed by atoms with Crippen LogP contribution in [0.4, 0.5) is 0 Å². The van der Waals surface area contributed by atoms with Gasteiger partial charge < -0.3 is 10.0 Å². The molecule has 0 unspecified atom stereocenters. The lowest BCUT2D eigenvalue weighted by Crippen LogP contribution is -2.03. The summed E-state index contributed by atoms with van der Waals surface area (Å²) in [5, 5.41) is 9.23. The third kappa shape index (κ3) is 2.62. The van der Waals surface area contributed by atoms with Crippen LogP contribution in [-0.2, 0) is 4.79 Å². The van der Waals surface area contributed by atoms with Crippen molar-refractivity contribution in [1.29, 1.82) is 0 Å². The van der Waals surface area contributed by atoms with Crippen LogP contribution >= 0.6 is 0 Å². The van der Waals surface area contributed by atoms with Gasteiger partial charge in [0.1, 0.15) is 5.75 Å². The second kappa shape index (κ2) is 4.46. The summed E-state index contributed by atoms with van der Waals surface area (Å²) in [7, 11) is 3.68. The molecule has 0 saturated carbocycles. The van der Waals surface area contributed by atoms with Crippen molar-refractivity contribution in [2.24, 2.45) is 0 Å². The zero-order valence-electron chi connectivity index (χ0n) is 8.27.